The number of carboxylic acid groups (broad SMARTS) is 1. The standard InChI is InChI=1S/C11H16N2O2/c1-7-3-9(6-13-11(14)15)4-8(2)10(7)5-12/h3-4,13H,5-6,12H2,1-2H3,(H,14,15). The molecule has 1 aromatic rings. The molecule has 1 rings (SSSR count). The zero-order valence-electron chi connectivity index (χ0n) is 9.00. The third kappa shape index (κ3) is 2.95. The summed E-state index contributed by atoms with van der Waals surface area (Å²) in [7, 11) is 0. The molecule has 1 amide bonds. The second-order valence-corrected chi connectivity index (χ2v) is 3.57. The number of hydrogen-bond acceptors (Lipinski definition) is 2. The lowest BCUT2D eigenvalue weighted by molar-refractivity contribution is 0.194. The van der Waals surface area contributed by atoms with E-state index in [1.807, 2.05) is 26.0 Å². The Morgan fingerprint density at radius 2 is 1.93 bits per heavy atom. The van der Waals surface area contributed by atoms with E-state index in [9.17, 15) is 4.79 Å². The van der Waals surface area contributed by atoms with Crippen molar-refractivity contribution in [1.29, 1.82) is 0 Å². The zero-order valence-corrected chi connectivity index (χ0v) is 9.00. The molecule has 82 valence electrons. The zero-order chi connectivity index (χ0) is 11.4. The lowest BCUT2D eigenvalue weighted by Gasteiger charge is -2.10. The molecule has 0 fully saturated rings. The first-order valence-corrected chi connectivity index (χ1v) is 4.80. The minimum Gasteiger partial charge on any atom is -0.465 e. The van der Waals surface area contributed by atoms with E-state index in [4.69, 9.17) is 10.8 Å². The molecule has 0 saturated heterocycles. The number of aryl methyl sites for hydroxylation is 2. The SMILES string of the molecule is Cc1cc(CNC(=O)O)cc(C)c1CN. The molecule has 4 N–H and O–H groups in total. The van der Waals surface area contributed by atoms with Gasteiger partial charge in [0.05, 0.1) is 0 Å². The van der Waals surface area contributed by atoms with E-state index >= 15 is 0 Å². The molecular weight excluding hydrogens is 192 g/mol. The van der Waals surface area contributed by atoms with Crippen LogP contribution < -0.4 is 11.1 Å². The summed E-state index contributed by atoms with van der Waals surface area (Å²) in [6, 6.07) is 3.93. The summed E-state index contributed by atoms with van der Waals surface area (Å²) in [5.41, 5.74) is 9.93. The van der Waals surface area contributed by atoms with Crippen LogP contribution in [0.25, 0.3) is 0 Å². The molecule has 0 aliphatic carbocycles. The maximum absolute atomic E-state index is 10.3. The molecule has 1 aromatic carbocycles. The highest BCUT2D eigenvalue weighted by atomic mass is 16.4. The Balaban J connectivity index is 2.88. The van der Waals surface area contributed by atoms with Gasteiger partial charge >= 0.3 is 6.09 Å². The quantitative estimate of drug-likeness (QED) is 0.705. The average molecular weight is 208 g/mol. The second-order valence-electron chi connectivity index (χ2n) is 3.57. The summed E-state index contributed by atoms with van der Waals surface area (Å²) < 4.78 is 0. The molecule has 0 aliphatic heterocycles. The van der Waals surface area contributed by atoms with Gasteiger partial charge in [-0.3, -0.25) is 0 Å². The lowest BCUT2D eigenvalue weighted by Crippen LogP contribution is -2.20. The molecule has 0 radical (unpaired) electrons. The molecule has 0 atom stereocenters. The van der Waals surface area contributed by atoms with Crippen LogP contribution >= 0.6 is 0 Å². The van der Waals surface area contributed by atoms with Gasteiger partial charge in [-0.05, 0) is 36.1 Å². The van der Waals surface area contributed by atoms with Gasteiger partial charge < -0.3 is 16.2 Å². The number of benzene rings is 1. The molecule has 0 spiro atoms. The summed E-state index contributed by atoms with van der Waals surface area (Å²) in [6.07, 6.45) is -1.01. The second kappa shape index (κ2) is 4.79. The van der Waals surface area contributed by atoms with Gasteiger partial charge in [-0.1, -0.05) is 12.1 Å². The first kappa shape index (κ1) is 11.5. The molecule has 0 unspecified atom stereocenters. The van der Waals surface area contributed by atoms with Crippen molar-refractivity contribution in [3.05, 3.63) is 34.4 Å². The van der Waals surface area contributed by atoms with Crippen molar-refractivity contribution < 1.29 is 9.90 Å². The minimum absolute atomic E-state index is 0.335. The number of nitrogens with two attached hydrogens (primary N) is 1. The average Bonchev–Trinajstić information content (AvgIpc) is 2.14. The first-order valence-electron chi connectivity index (χ1n) is 4.80. The molecule has 0 aromatic heterocycles. The van der Waals surface area contributed by atoms with Crippen LogP contribution in [0.15, 0.2) is 12.1 Å². The first-order chi connectivity index (χ1) is 7.04. The maximum Gasteiger partial charge on any atom is 0.404 e. The molecule has 0 aliphatic rings. The summed E-state index contributed by atoms with van der Waals surface area (Å²) >= 11 is 0. The van der Waals surface area contributed by atoms with Crippen molar-refractivity contribution in [3.8, 4) is 0 Å². The number of rotatable bonds is 3. The van der Waals surface area contributed by atoms with Crippen LogP contribution in [0.4, 0.5) is 4.79 Å². The molecule has 4 heteroatoms. The highest BCUT2D eigenvalue weighted by molar-refractivity contribution is 5.64. The fourth-order valence-electron chi connectivity index (χ4n) is 1.68. The smallest absolute Gasteiger partial charge is 0.404 e. The Hall–Kier alpha value is -1.55. The van der Waals surface area contributed by atoms with E-state index < -0.39 is 6.09 Å². The van der Waals surface area contributed by atoms with Crippen LogP contribution in [0, 0.1) is 13.8 Å². The van der Waals surface area contributed by atoms with Crippen LogP contribution in [0.2, 0.25) is 0 Å². The Kier molecular flexibility index (Phi) is 3.68. The maximum atomic E-state index is 10.3. The summed E-state index contributed by atoms with van der Waals surface area (Å²) in [5, 5.41) is 10.8. The fourth-order valence-corrected chi connectivity index (χ4v) is 1.68. The van der Waals surface area contributed by atoms with Crippen molar-refractivity contribution in [1.82, 2.24) is 5.32 Å². The van der Waals surface area contributed by atoms with E-state index in [2.05, 4.69) is 5.32 Å². The van der Waals surface area contributed by atoms with Gasteiger partial charge in [-0.15, -0.1) is 0 Å². The normalized spacial score (nSPS) is 10.1. The van der Waals surface area contributed by atoms with Crippen molar-refractivity contribution in [2.75, 3.05) is 0 Å². The number of amides is 1. The van der Waals surface area contributed by atoms with Gasteiger partial charge in [0.15, 0.2) is 0 Å². The lowest BCUT2D eigenvalue weighted by atomic mass is 9.99. The summed E-state index contributed by atoms with van der Waals surface area (Å²) in [5.74, 6) is 0. The molecule has 0 saturated carbocycles. The van der Waals surface area contributed by atoms with Gasteiger partial charge in [0.2, 0.25) is 0 Å². The van der Waals surface area contributed by atoms with Crippen LogP contribution in [0.3, 0.4) is 0 Å². The molecular formula is C11H16N2O2. The van der Waals surface area contributed by atoms with Crippen LogP contribution in [0.5, 0.6) is 0 Å². The van der Waals surface area contributed by atoms with Crippen molar-refractivity contribution in [3.63, 3.8) is 0 Å². The van der Waals surface area contributed by atoms with Gasteiger partial charge in [0.1, 0.15) is 0 Å². The van der Waals surface area contributed by atoms with Crippen molar-refractivity contribution in [2.24, 2.45) is 5.73 Å². The largest absolute Gasteiger partial charge is 0.465 e. The van der Waals surface area contributed by atoms with Crippen LogP contribution in [-0.4, -0.2) is 11.2 Å². The van der Waals surface area contributed by atoms with Crippen molar-refractivity contribution >= 4 is 6.09 Å². The minimum atomic E-state index is -1.01. The Morgan fingerprint density at radius 3 is 2.33 bits per heavy atom. The third-order valence-corrected chi connectivity index (χ3v) is 2.40. The van der Waals surface area contributed by atoms with Gasteiger partial charge in [-0.25, -0.2) is 4.79 Å². The van der Waals surface area contributed by atoms with E-state index in [1.165, 1.54) is 0 Å². The van der Waals surface area contributed by atoms with E-state index in [0.29, 0.717) is 13.1 Å². The summed E-state index contributed by atoms with van der Waals surface area (Å²) in [4.78, 5) is 10.3. The number of carbonyl (C=O) groups is 1. The highest BCUT2D eigenvalue weighted by Gasteiger charge is 2.04. The molecule has 15 heavy (non-hydrogen) atoms. The Bertz CT molecular complexity index is 352. The topological polar surface area (TPSA) is 75.3 Å². The van der Waals surface area contributed by atoms with Crippen LogP contribution in [0.1, 0.15) is 22.3 Å². The van der Waals surface area contributed by atoms with Crippen molar-refractivity contribution in [2.45, 2.75) is 26.9 Å². The predicted molar refractivity (Wildman–Crippen MR) is 58.7 cm³/mol. The number of hydrogen-bond donors (Lipinski definition) is 3. The van der Waals surface area contributed by atoms with E-state index in [-0.39, 0.29) is 0 Å². The number of nitrogens with one attached hydrogen (secondary N) is 1. The van der Waals surface area contributed by atoms with E-state index in [0.717, 1.165) is 22.3 Å². The monoisotopic (exact) mass is 208 g/mol. The molecule has 0 heterocycles. The molecule has 0 bridgehead atoms. The van der Waals surface area contributed by atoms with Gasteiger partial charge in [0.25, 0.3) is 0 Å². The van der Waals surface area contributed by atoms with E-state index in [1.54, 1.807) is 0 Å². The predicted octanol–water partition coefficient (Wildman–Crippen LogP) is 1.53. The van der Waals surface area contributed by atoms with Gasteiger partial charge in [-0.2, -0.15) is 0 Å². The summed E-state index contributed by atoms with van der Waals surface area (Å²) in [6.45, 7) is 4.82. The Labute approximate surface area is 89.1 Å². The Morgan fingerprint density at radius 1 is 1.40 bits per heavy atom. The highest BCUT2D eigenvalue weighted by Crippen LogP contribution is 2.15. The molecule has 4 nitrogen and oxygen atoms in total. The van der Waals surface area contributed by atoms with Gasteiger partial charge in [0, 0.05) is 13.1 Å². The fraction of sp³-hybridized carbons (Fsp3) is 0.364. The third-order valence-electron chi connectivity index (χ3n) is 2.40. The van der Waals surface area contributed by atoms with Crippen LogP contribution in [-0.2, 0) is 13.1 Å².